The van der Waals surface area contributed by atoms with Crippen molar-refractivity contribution in [3.05, 3.63) is 0 Å². The maximum Gasteiger partial charge on any atom is 0.243 e. The van der Waals surface area contributed by atoms with E-state index in [0.717, 1.165) is 39.3 Å². The first-order valence-electron chi connectivity index (χ1n) is 8.28. The first kappa shape index (κ1) is 23.9. The normalized spacial score (nSPS) is 29.2. The van der Waals surface area contributed by atoms with Crippen LogP contribution in [-0.2, 0) is 14.3 Å². The highest BCUT2D eigenvalue weighted by molar-refractivity contribution is 5.89. The molecule has 0 bridgehead atoms. The summed E-state index contributed by atoms with van der Waals surface area (Å²) in [7, 11) is 1.71. The maximum absolute atomic E-state index is 12.9. The van der Waals surface area contributed by atoms with Gasteiger partial charge in [0.2, 0.25) is 5.91 Å². The van der Waals surface area contributed by atoms with E-state index in [1.807, 2.05) is 25.7 Å². The summed E-state index contributed by atoms with van der Waals surface area (Å²) in [6.07, 6.45) is 0.700. The Morgan fingerprint density at radius 2 is 1.79 bits per heavy atom. The highest BCUT2D eigenvalue weighted by atomic mass is 35.5. The molecule has 1 saturated carbocycles. The summed E-state index contributed by atoms with van der Waals surface area (Å²) >= 11 is 0. The number of carbonyl (C=O) groups excluding carboxylic acids is 1. The standard InChI is InChI=1S/C16H31N3O3.2ClH/c1-5-22-13-12-16(17,15(13,2)3)14(20)19-8-6-18(7-9-19)10-11-21-4;;/h13H,5-12,17H2,1-4H3;2*1H. The molecule has 1 saturated heterocycles. The van der Waals surface area contributed by atoms with E-state index in [1.54, 1.807) is 7.11 Å². The number of halogens is 2. The van der Waals surface area contributed by atoms with Crippen LogP contribution in [0.2, 0.25) is 0 Å². The monoisotopic (exact) mass is 385 g/mol. The number of ether oxygens (including phenoxy) is 2. The van der Waals surface area contributed by atoms with Gasteiger partial charge >= 0.3 is 0 Å². The molecule has 2 rings (SSSR count). The molecule has 144 valence electrons. The number of rotatable bonds is 6. The lowest BCUT2D eigenvalue weighted by atomic mass is 9.54. The second kappa shape index (κ2) is 9.55. The summed E-state index contributed by atoms with van der Waals surface area (Å²) in [6, 6.07) is 0. The summed E-state index contributed by atoms with van der Waals surface area (Å²) in [6.45, 7) is 11.7. The molecule has 6 nitrogen and oxygen atoms in total. The number of carbonyl (C=O) groups is 1. The Kier molecular flexibility index (Phi) is 9.51. The van der Waals surface area contributed by atoms with Crippen LogP contribution < -0.4 is 5.73 Å². The van der Waals surface area contributed by atoms with Crippen LogP contribution in [0.15, 0.2) is 0 Å². The average molecular weight is 386 g/mol. The fourth-order valence-electron chi connectivity index (χ4n) is 3.48. The average Bonchev–Trinajstić information content (AvgIpc) is 2.52. The lowest BCUT2D eigenvalue weighted by Crippen LogP contribution is -2.76. The Hall–Kier alpha value is -0.110. The molecule has 2 N–H and O–H groups in total. The highest BCUT2D eigenvalue weighted by Crippen LogP contribution is 2.50. The van der Waals surface area contributed by atoms with Crippen LogP contribution in [0, 0.1) is 5.41 Å². The number of nitrogens with zero attached hydrogens (tertiary/aromatic N) is 2. The molecule has 2 aliphatic rings. The minimum absolute atomic E-state index is 0. The lowest BCUT2D eigenvalue weighted by Gasteiger charge is -2.59. The fraction of sp³-hybridized carbons (Fsp3) is 0.938. The van der Waals surface area contributed by atoms with E-state index in [-0.39, 0.29) is 42.2 Å². The van der Waals surface area contributed by atoms with E-state index in [2.05, 4.69) is 4.90 Å². The zero-order valence-corrected chi connectivity index (χ0v) is 16.9. The summed E-state index contributed by atoms with van der Waals surface area (Å²) < 4.78 is 10.8. The third-order valence-electron chi connectivity index (χ3n) is 5.48. The van der Waals surface area contributed by atoms with E-state index in [1.165, 1.54) is 0 Å². The van der Waals surface area contributed by atoms with Crippen molar-refractivity contribution in [3.63, 3.8) is 0 Å². The van der Waals surface area contributed by atoms with Gasteiger partial charge in [-0.3, -0.25) is 9.69 Å². The Morgan fingerprint density at radius 1 is 1.21 bits per heavy atom. The van der Waals surface area contributed by atoms with Crippen molar-refractivity contribution in [1.82, 2.24) is 9.80 Å². The van der Waals surface area contributed by atoms with Gasteiger partial charge in [0.25, 0.3) is 0 Å². The molecule has 1 aliphatic carbocycles. The second-order valence-electron chi connectivity index (χ2n) is 6.97. The van der Waals surface area contributed by atoms with E-state index in [4.69, 9.17) is 15.2 Å². The largest absolute Gasteiger partial charge is 0.383 e. The van der Waals surface area contributed by atoms with Crippen LogP contribution in [0.5, 0.6) is 0 Å². The van der Waals surface area contributed by atoms with Gasteiger partial charge in [-0.25, -0.2) is 0 Å². The molecule has 8 heteroatoms. The van der Waals surface area contributed by atoms with E-state index >= 15 is 0 Å². The molecule has 1 heterocycles. The molecule has 0 aromatic carbocycles. The Morgan fingerprint density at radius 3 is 2.25 bits per heavy atom. The molecule has 0 aromatic rings. The van der Waals surface area contributed by atoms with Crippen molar-refractivity contribution < 1.29 is 14.3 Å². The van der Waals surface area contributed by atoms with Gasteiger partial charge in [0.05, 0.1) is 12.7 Å². The van der Waals surface area contributed by atoms with Gasteiger partial charge in [-0.1, -0.05) is 13.8 Å². The predicted octanol–water partition coefficient (Wildman–Crippen LogP) is 1.15. The van der Waals surface area contributed by atoms with Crippen molar-refractivity contribution in [2.75, 3.05) is 53.0 Å². The van der Waals surface area contributed by atoms with Gasteiger partial charge in [-0.15, -0.1) is 24.8 Å². The maximum atomic E-state index is 12.9. The SMILES string of the molecule is CCOC1CC(N)(C(=O)N2CCN(CCOC)CC2)C1(C)C.Cl.Cl. The van der Waals surface area contributed by atoms with E-state index in [9.17, 15) is 4.79 Å². The van der Waals surface area contributed by atoms with E-state index < -0.39 is 5.54 Å². The van der Waals surface area contributed by atoms with Gasteiger partial charge < -0.3 is 20.1 Å². The summed E-state index contributed by atoms with van der Waals surface area (Å²) in [5.41, 5.74) is 5.38. The van der Waals surface area contributed by atoms with Crippen LogP contribution in [0.3, 0.4) is 0 Å². The minimum atomic E-state index is -0.790. The zero-order valence-electron chi connectivity index (χ0n) is 15.2. The third-order valence-corrected chi connectivity index (χ3v) is 5.48. The number of amides is 1. The number of piperazine rings is 1. The van der Waals surface area contributed by atoms with Gasteiger partial charge in [0.1, 0.15) is 5.54 Å². The van der Waals surface area contributed by atoms with Gasteiger partial charge in [0, 0.05) is 58.3 Å². The summed E-state index contributed by atoms with van der Waals surface area (Å²) in [5, 5.41) is 0. The molecule has 2 unspecified atom stereocenters. The highest BCUT2D eigenvalue weighted by Gasteiger charge is 2.63. The molecular weight excluding hydrogens is 353 g/mol. The number of nitrogens with two attached hydrogens (primary N) is 1. The van der Waals surface area contributed by atoms with Crippen molar-refractivity contribution in [2.45, 2.75) is 38.8 Å². The summed E-state index contributed by atoms with van der Waals surface area (Å²) in [5.74, 6) is 0.0832. The van der Waals surface area contributed by atoms with Gasteiger partial charge in [-0.2, -0.15) is 0 Å². The van der Waals surface area contributed by atoms with Gasteiger partial charge in [0.15, 0.2) is 0 Å². The smallest absolute Gasteiger partial charge is 0.243 e. The van der Waals surface area contributed by atoms with E-state index in [0.29, 0.717) is 13.0 Å². The lowest BCUT2D eigenvalue weighted by molar-refractivity contribution is -0.180. The van der Waals surface area contributed by atoms with Crippen LogP contribution >= 0.6 is 24.8 Å². The number of methoxy groups -OCH3 is 1. The van der Waals surface area contributed by atoms with Gasteiger partial charge in [-0.05, 0) is 6.92 Å². The van der Waals surface area contributed by atoms with Crippen molar-refractivity contribution in [2.24, 2.45) is 11.1 Å². The predicted molar refractivity (Wildman–Crippen MR) is 100 cm³/mol. The van der Waals surface area contributed by atoms with Crippen LogP contribution in [-0.4, -0.2) is 80.4 Å². The van der Waals surface area contributed by atoms with Crippen molar-refractivity contribution in [1.29, 1.82) is 0 Å². The molecule has 2 atom stereocenters. The molecule has 0 aromatic heterocycles. The second-order valence-corrected chi connectivity index (χ2v) is 6.97. The molecule has 1 amide bonds. The fourth-order valence-corrected chi connectivity index (χ4v) is 3.48. The first-order valence-corrected chi connectivity index (χ1v) is 8.28. The molecule has 2 fully saturated rings. The van der Waals surface area contributed by atoms with Crippen LogP contribution in [0.25, 0.3) is 0 Å². The topological polar surface area (TPSA) is 68.0 Å². The van der Waals surface area contributed by atoms with Crippen LogP contribution in [0.4, 0.5) is 0 Å². The first-order chi connectivity index (χ1) is 10.4. The zero-order chi connectivity index (χ0) is 16.4. The number of hydrogen-bond acceptors (Lipinski definition) is 5. The molecular formula is C16H33Cl2N3O3. The molecule has 0 spiro atoms. The molecule has 1 aliphatic heterocycles. The quantitative estimate of drug-likeness (QED) is 0.742. The number of hydrogen-bond donors (Lipinski definition) is 1. The summed E-state index contributed by atoms with van der Waals surface area (Å²) in [4.78, 5) is 17.1. The Balaban J connectivity index is 0.00000264. The Labute approximate surface area is 158 Å². The van der Waals surface area contributed by atoms with Crippen molar-refractivity contribution in [3.8, 4) is 0 Å². The van der Waals surface area contributed by atoms with Crippen LogP contribution in [0.1, 0.15) is 27.2 Å². The third kappa shape index (κ3) is 4.34. The Bertz CT molecular complexity index is 404. The molecule has 0 radical (unpaired) electrons. The minimum Gasteiger partial charge on any atom is -0.383 e. The van der Waals surface area contributed by atoms with Crippen molar-refractivity contribution >= 4 is 30.7 Å². The molecule has 24 heavy (non-hydrogen) atoms.